The molecule has 3 N–H and O–H groups in total. The van der Waals surface area contributed by atoms with E-state index >= 15 is 0 Å². The molecule has 2 aromatic carbocycles. The Morgan fingerprint density at radius 1 is 1.11 bits per heavy atom. The third-order valence-electron chi connectivity index (χ3n) is 4.83. The van der Waals surface area contributed by atoms with Gasteiger partial charge in [0.25, 0.3) is 11.8 Å². The van der Waals surface area contributed by atoms with Crippen LogP contribution in [-0.2, 0) is 4.74 Å². The number of nitrogens with zero attached hydrogens (tertiary/aromatic N) is 1. The second kappa shape index (κ2) is 8.52. The molecule has 2 aromatic rings. The van der Waals surface area contributed by atoms with Crippen molar-refractivity contribution in [2.24, 2.45) is 0 Å². The summed E-state index contributed by atoms with van der Waals surface area (Å²) in [6.07, 6.45) is -2.01. The van der Waals surface area contributed by atoms with E-state index in [0.717, 1.165) is 0 Å². The van der Waals surface area contributed by atoms with Crippen LogP contribution >= 0.6 is 0 Å². The summed E-state index contributed by atoms with van der Waals surface area (Å²) in [5.74, 6) is -0.551. The van der Waals surface area contributed by atoms with Crippen LogP contribution in [0, 0.1) is 0 Å². The maximum Gasteiger partial charge on any atom is 0.253 e. The number of carbonyl (C=O) groups excluding carboxylic acids is 2. The molecule has 148 valence electrons. The van der Waals surface area contributed by atoms with E-state index in [4.69, 9.17) is 4.74 Å². The maximum atomic E-state index is 12.5. The molecule has 7 heteroatoms. The topological polar surface area (TPSA) is 99.1 Å². The molecule has 1 aliphatic rings. The number of hydrogen-bond donors (Lipinski definition) is 3. The Bertz CT molecular complexity index is 814. The second-order valence-electron chi connectivity index (χ2n) is 7.00. The van der Waals surface area contributed by atoms with E-state index in [-0.39, 0.29) is 31.5 Å². The highest BCUT2D eigenvalue weighted by atomic mass is 16.5. The second-order valence-corrected chi connectivity index (χ2v) is 7.00. The molecule has 0 aliphatic carbocycles. The average Bonchev–Trinajstić information content (AvgIpc) is 3.00. The van der Waals surface area contributed by atoms with Crippen LogP contribution in [0.4, 0.5) is 0 Å². The van der Waals surface area contributed by atoms with E-state index in [0.29, 0.717) is 11.1 Å². The van der Waals surface area contributed by atoms with Crippen LogP contribution in [0.5, 0.6) is 0 Å². The van der Waals surface area contributed by atoms with Gasteiger partial charge in [0.05, 0.1) is 13.2 Å². The minimum atomic E-state index is -1.61. The highest BCUT2D eigenvalue weighted by molar-refractivity contribution is 5.94. The molecule has 3 rings (SSSR count). The van der Waals surface area contributed by atoms with Crippen molar-refractivity contribution in [3.63, 3.8) is 0 Å². The normalized spacial score (nSPS) is 24.0. The van der Waals surface area contributed by atoms with Crippen molar-refractivity contribution >= 4 is 11.8 Å². The van der Waals surface area contributed by atoms with Crippen LogP contribution in [0.3, 0.4) is 0 Å². The Labute approximate surface area is 163 Å². The van der Waals surface area contributed by atoms with Gasteiger partial charge in [-0.25, -0.2) is 0 Å². The average molecular weight is 384 g/mol. The van der Waals surface area contributed by atoms with Gasteiger partial charge in [-0.2, -0.15) is 0 Å². The zero-order valence-corrected chi connectivity index (χ0v) is 15.6. The molecule has 0 spiro atoms. The lowest BCUT2D eigenvalue weighted by molar-refractivity contribution is -0.0614. The minimum Gasteiger partial charge on any atom is -0.387 e. The standard InChI is InChI=1S/C21H24N2O5/c1-23(20(26)16-10-6-3-7-11-16)13-21(27)14-28-17(18(21)24)12-22-19(25)15-8-4-2-5-9-15/h2-11,17-18,24,27H,12-14H2,1H3,(H,22,25)/t17-,18?,21+/m1/s1. The predicted molar refractivity (Wildman–Crippen MR) is 103 cm³/mol. The van der Waals surface area contributed by atoms with Crippen LogP contribution in [0.25, 0.3) is 0 Å². The molecule has 28 heavy (non-hydrogen) atoms. The molecule has 0 bridgehead atoms. The summed E-state index contributed by atoms with van der Waals surface area (Å²) in [5, 5.41) is 24.0. The van der Waals surface area contributed by atoms with Crippen LogP contribution in [0.15, 0.2) is 60.7 Å². The maximum absolute atomic E-state index is 12.5. The Kier molecular flexibility index (Phi) is 6.08. The summed E-state index contributed by atoms with van der Waals surface area (Å²) in [7, 11) is 1.56. The van der Waals surface area contributed by atoms with Gasteiger partial charge in [0, 0.05) is 24.7 Å². The number of aliphatic hydroxyl groups excluding tert-OH is 1. The van der Waals surface area contributed by atoms with Crippen molar-refractivity contribution in [1.29, 1.82) is 0 Å². The first kappa shape index (κ1) is 20.0. The van der Waals surface area contributed by atoms with Crippen molar-refractivity contribution in [1.82, 2.24) is 10.2 Å². The molecule has 1 heterocycles. The molecule has 3 atom stereocenters. The van der Waals surface area contributed by atoms with Gasteiger partial charge in [-0.3, -0.25) is 9.59 Å². The van der Waals surface area contributed by atoms with Crippen molar-refractivity contribution in [2.45, 2.75) is 17.8 Å². The van der Waals surface area contributed by atoms with Crippen molar-refractivity contribution in [3.05, 3.63) is 71.8 Å². The number of rotatable bonds is 6. The SMILES string of the molecule is CN(C[C@]1(O)CO[C@H](CNC(=O)c2ccccc2)C1O)C(=O)c1ccccc1. The zero-order valence-electron chi connectivity index (χ0n) is 15.6. The Hall–Kier alpha value is -2.74. The molecule has 1 fully saturated rings. The summed E-state index contributed by atoms with van der Waals surface area (Å²) in [6, 6.07) is 17.4. The van der Waals surface area contributed by atoms with Gasteiger partial charge in [-0.1, -0.05) is 36.4 Å². The van der Waals surface area contributed by atoms with E-state index in [1.54, 1.807) is 55.6 Å². The summed E-state index contributed by atoms with van der Waals surface area (Å²) in [5.41, 5.74) is -0.617. The number of carbonyl (C=O) groups is 2. The highest BCUT2D eigenvalue weighted by Gasteiger charge is 2.49. The van der Waals surface area contributed by atoms with E-state index in [9.17, 15) is 19.8 Å². The first-order chi connectivity index (χ1) is 13.4. The first-order valence-electron chi connectivity index (χ1n) is 9.06. The van der Waals surface area contributed by atoms with Crippen molar-refractivity contribution < 1.29 is 24.5 Å². The number of benzene rings is 2. The van der Waals surface area contributed by atoms with Crippen LogP contribution in [0.2, 0.25) is 0 Å². The smallest absolute Gasteiger partial charge is 0.253 e. The Morgan fingerprint density at radius 2 is 1.68 bits per heavy atom. The zero-order chi connectivity index (χ0) is 20.1. The predicted octanol–water partition coefficient (Wildman–Crippen LogP) is 0.679. The summed E-state index contributed by atoms with van der Waals surface area (Å²) >= 11 is 0. The van der Waals surface area contributed by atoms with Crippen molar-refractivity contribution in [2.75, 3.05) is 26.7 Å². The minimum absolute atomic E-state index is 0.0492. The highest BCUT2D eigenvalue weighted by Crippen LogP contribution is 2.26. The molecule has 0 saturated carbocycles. The number of ether oxygens (including phenoxy) is 1. The number of nitrogens with one attached hydrogen (secondary N) is 1. The van der Waals surface area contributed by atoms with Crippen LogP contribution < -0.4 is 5.32 Å². The number of amides is 2. The molecule has 1 saturated heterocycles. The third-order valence-corrected chi connectivity index (χ3v) is 4.83. The summed E-state index contributed by atoms with van der Waals surface area (Å²) in [4.78, 5) is 26.0. The van der Waals surface area contributed by atoms with Gasteiger partial charge in [-0.05, 0) is 24.3 Å². The molecule has 1 aliphatic heterocycles. The number of likely N-dealkylation sites (N-methyl/N-ethyl adjacent to an activating group) is 1. The van der Waals surface area contributed by atoms with Crippen LogP contribution in [0.1, 0.15) is 20.7 Å². The van der Waals surface area contributed by atoms with E-state index in [2.05, 4.69) is 5.32 Å². The molecular formula is C21H24N2O5. The van der Waals surface area contributed by atoms with Gasteiger partial charge in [0.1, 0.15) is 17.8 Å². The van der Waals surface area contributed by atoms with Gasteiger partial charge in [0.15, 0.2) is 0 Å². The lowest BCUT2D eigenvalue weighted by atomic mass is 9.95. The van der Waals surface area contributed by atoms with E-state index < -0.39 is 17.8 Å². The molecular weight excluding hydrogens is 360 g/mol. The number of aliphatic hydroxyl groups is 2. The molecule has 7 nitrogen and oxygen atoms in total. The summed E-state index contributed by atoms with van der Waals surface area (Å²) < 4.78 is 5.50. The lowest BCUT2D eigenvalue weighted by Crippen LogP contribution is -2.54. The van der Waals surface area contributed by atoms with E-state index in [1.165, 1.54) is 4.90 Å². The lowest BCUT2D eigenvalue weighted by Gasteiger charge is -2.31. The third kappa shape index (κ3) is 4.39. The Morgan fingerprint density at radius 3 is 2.29 bits per heavy atom. The van der Waals surface area contributed by atoms with Gasteiger partial charge in [0.2, 0.25) is 0 Å². The quantitative estimate of drug-likeness (QED) is 0.680. The fourth-order valence-corrected chi connectivity index (χ4v) is 3.25. The van der Waals surface area contributed by atoms with Gasteiger partial charge < -0.3 is 25.2 Å². The fraction of sp³-hybridized carbons (Fsp3) is 0.333. The molecule has 0 radical (unpaired) electrons. The largest absolute Gasteiger partial charge is 0.387 e. The monoisotopic (exact) mass is 384 g/mol. The fourth-order valence-electron chi connectivity index (χ4n) is 3.25. The molecule has 1 unspecified atom stereocenters. The first-order valence-corrected chi connectivity index (χ1v) is 9.06. The van der Waals surface area contributed by atoms with Gasteiger partial charge >= 0.3 is 0 Å². The summed E-state index contributed by atoms with van der Waals surface area (Å²) in [6.45, 7) is -0.176. The van der Waals surface area contributed by atoms with Gasteiger partial charge in [-0.15, -0.1) is 0 Å². The molecule has 0 aromatic heterocycles. The van der Waals surface area contributed by atoms with E-state index in [1.807, 2.05) is 12.1 Å². The molecule has 2 amide bonds. The Balaban J connectivity index is 1.56. The number of hydrogen-bond acceptors (Lipinski definition) is 5. The van der Waals surface area contributed by atoms with Crippen molar-refractivity contribution in [3.8, 4) is 0 Å². The van der Waals surface area contributed by atoms with Crippen LogP contribution in [-0.4, -0.2) is 71.5 Å².